The number of thiazole rings is 1. The van der Waals surface area contributed by atoms with Gasteiger partial charge >= 0.3 is 0 Å². The minimum absolute atomic E-state index is 0. The third-order valence-corrected chi connectivity index (χ3v) is 5.87. The molecule has 0 spiro atoms. The summed E-state index contributed by atoms with van der Waals surface area (Å²) in [6, 6.07) is 8.20. The van der Waals surface area contributed by atoms with Crippen LogP contribution < -0.4 is 15.8 Å². The van der Waals surface area contributed by atoms with Crippen molar-refractivity contribution in [2.24, 2.45) is 5.73 Å². The van der Waals surface area contributed by atoms with E-state index in [4.69, 9.17) is 15.2 Å². The topological polar surface area (TPSA) is 86.5 Å². The van der Waals surface area contributed by atoms with Crippen LogP contribution in [0.1, 0.15) is 40.8 Å². The van der Waals surface area contributed by atoms with Crippen molar-refractivity contribution in [2.45, 2.75) is 31.6 Å². The predicted molar refractivity (Wildman–Crippen MR) is 114 cm³/mol. The molecule has 8 heteroatoms. The first-order chi connectivity index (χ1) is 13.2. The molecular weight excluding hydrogens is 398 g/mol. The van der Waals surface area contributed by atoms with Crippen LogP contribution in [0.5, 0.6) is 5.75 Å². The summed E-state index contributed by atoms with van der Waals surface area (Å²) >= 11 is 1.48. The van der Waals surface area contributed by atoms with Crippen LogP contribution in [0.25, 0.3) is 0 Å². The minimum Gasteiger partial charge on any atom is -0.494 e. The van der Waals surface area contributed by atoms with Gasteiger partial charge in [0.25, 0.3) is 5.91 Å². The Balaban J connectivity index is 0.00000280. The zero-order valence-corrected chi connectivity index (χ0v) is 17.7. The van der Waals surface area contributed by atoms with E-state index in [0.717, 1.165) is 23.6 Å². The highest BCUT2D eigenvalue weighted by Gasteiger charge is 2.35. The molecular formula is C20H28ClN3O3S. The lowest BCUT2D eigenvalue weighted by atomic mass is 9.74. The number of ether oxygens (including phenoxy) is 2. The Hall–Kier alpha value is -1.67. The van der Waals surface area contributed by atoms with Crippen molar-refractivity contribution in [3.63, 3.8) is 0 Å². The SMILES string of the molecule is CCOc1ccc(C2(CNC(=O)c3csc(CCN)n3)CCOCC2)cc1.Cl. The number of halogens is 1. The fourth-order valence-electron chi connectivity index (χ4n) is 3.39. The van der Waals surface area contributed by atoms with Crippen molar-refractivity contribution < 1.29 is 14.3 Å². The maximum absolute atomic E-state index is 12.6. The lowest BCUT2D eigenvalue weighted by Crippen LogP contribution is -2.44. The molecule has 2 aromatic rings. The number of nitrogens with zero attached hydrogens (tertiary/aromatic N) is 1. The predicted octanol–water partition coefficient (Wildman–Crippen LogP) is 2.94. The number of carbonyl (C=O) groups is 1. The lowest BCUT2D eigenvalue weighted by molar-refractivity contribution is 0.0486. The number of hydrogen-bond acceptors (Lipinski definition) is 6. The Labute approximate surface area is 176 Å². The van der Waals surface area contributed by atoms with Gasteiger partial charge in [0.05, 0.1) is 11.6 Å². The Bertz CT molecular complexity index is 745. The van der Waals surface area contributed by atoms with Crippen molar-refractivity contribution >= 4 is 29.7 Å². The van der Waals surface area contributed by atoms with Crippen LogP contribution in [-0.2, 0) is 16.6 Å². The number of benzene rings is 1. The molecule has 3 rings (SSSR count). The highest BCUT2D eigenvalue weighted by atomic mass is 35.5. The van der Waals surface area contributed by atoms with Gasteiger partial charge in [0, 0.05) is 37.0 Å². The van der Waals surface area contributed by atoms with Gasteiger partial charge in [-0.15, -0.1) is 23.7 Å². The molecule has 154 valence electrons. The summed E-state index contributed by atoms with van der Waals surface area (Å²) in [5, 5.41) is 5.79. The van der Waals surface area contributed by atoms with Crippen LogP contribution in [0.2, 0.25) is 0 Å². The van der Waals surface area contributed by atoms with E-state index in [0.29, 0.717) is 45.0 Å². The van der Waals surface area contributed by atoms with Gasteiger partial charge in [0.15, 0.2) is 0 Å². The second kappa shape index (κ2) is 10.8. The quantitative estimate of drug-likeness (QED) is 0.679. The molecule has 0 radical (unpaired) electrons. The Kier molecular flexibility index (Phi) is 8.69. The largest absolute Gasteiger partial charge is 0.494 e. The number of hydrogen-bond donors (Lipinski definition) is 2. The van der Waals surface area contributed by atoms with Gasteiger partial charge in [-0.05, 0) is 44.0 Å². The third kappa shape index (κ3) is 5.44. The van der Waals surface area contributed by atoms with Crippen LogP contribution in [0, 0.1) is 0 Å². The normalized spacial score (nSPS) is 15.5. The molecule has 0 aliphatic carbocycles. The van der Waals surface area contributed by atoms with Gasteiger partial charge in [-0.25, -0.2) is 4.98 Å². The summed E-state index contributed by atoms with van der Waals surface area (Å²) in [5.41, 5.74) is 7.10. The lowest BCUT2D eigenvalue weighted by Gasteiger charge is -2.38. The number of nitrogens with two attached hydrogens (primary N) is 1. The molecule has 1 aliphatic heterocycles. The van der Waals surface area contributed by atoms with Gasteiger partial charge < -0.3 is 20.5 Å². The van der Waals surface area contributed by atoms with E-state index in [1.165, 1.54) is 16.9 Å². The van der Waals surface area contributed by atoms with Crippen LogP contribution in [0.15, 0.2) is 29.6 Å². The molecule has 0 bridgehead atoms. The molecule has 0 unspecified atom stereocenters. The second-order valence-corrected chi connectivity index (χ2v) is 7.64. The molecule has 0 atom stereocenters. The average Bonchev–Trinajstić information content (AvgIpc) is 3.17. The molecule has 1 aromatic heterocycles. The molecule has 1 aromatic carbocycles. The van der Waals surface area contributed by atoms with Gasteiger partial charge in [0.1, 0.15) is 11.4 Å². The maximum Gasteiger partial charge on any atom is 0.270 e. The van der Waals surface area contributed by atoms with E-state index in [9.17, 15) is 4.79 Å². The highest BCUT2D eigenvalue weighted by Crippen LogP contribution is 2.35. The number of rotatable bonds is 8. The van der Waals surface area contributed by atoms with Crippen molar-refractivity contribution in [3.05, 3.63) is 45.9 Å². The van der Waals surface area contributed by atoms with E-state index in [2.05, 4.69) is 22.4 Å². The molecule has 28 heavy (non-hydrogen) atoms. The van der Waals surface area contributed by atoms with E-state index in [-0.39, 0.29) is 23.7 Å². The monoisotopic (exact) mass is 425 g/mol. The fraction of sp³-hybridized carbons (Fsp3) is 0.500. The summed E-state index contributed by atoms with van der Waals surface area (Å²) in [5.74, 6) is 0.730. The van der Waals surface area contributed by atoms with Crippen molar-refractivity contribution in [3.8, 4) is 5.75 Å². The number of aromatic nitrogens is 1. The molecule has 1 fully saturated rings. The standard InChI is InChI=1S/C20H27N3O3S.ClH/c1-2-26-16-5-3-15(4-6-16)20(8-11-25-12-9-20)14-22-19(24)17-13-27-18(23-17)7-10-21;/h3-6,13H,2,7-12,14,21H2,1H3,(H,22,24);1H. The van der Waals surface area contributed by atoms with Crippen molar-refractivity contribution in [2.75, 3.05) is 32.9 Å². The fourth-order valence-corrected chi connectivity index (χ4v) is 4.19. The van der Waals surface area contributed by atoms with Gasteiger partial charge in [-0.2, -0.15) is 0 Å². The Morgan fingerprint density at radius 2 is 2.04 bits per heavy atom. The van der Waals surface area contributed by atoms with Crippen LogP contribution in [0.4, 0.5) is 0 Å². The van der Waals surface area contributed by atoms with Gasteiger partial charge in [-0.3, -0.25) is 4.79 Å². The Morgan fingerprint density at radius 1 is 1.32 bits per heavy atom. The first-order valence-corrected chi connectivity index (χ1v) is 10.3. The summed E-state index contributed by atoms with van der Waals surface area (Å²) in [7, 11) is 0. The average molecular weight is 426 g/mol. The highest BCUT2D eigenvalue weighted by molar-refractivity contribution is 7.09. The number of carbonyl (C=O) groups excluding carboxylic acids is 1. The zero-order chi connectivity index (χ0) is 19.1. The molecule has 1 aliphatic rings. The first kappa shape index (κ1) is 22.6. The van der Waals surface area contributed by atoms with Crippen molar-refractivity contribution in [1.29, 1.82) is 0 Å². The molecule has 3 N–H and O–H groups in total. The molecule has 0 saturated carbocycles. The zero-order valence-electron chi connectivity index (χ0n) is 16.1. The third-order valence-electron chi connectivity index (χ3n) is 4.96. The molecule has 1 saturated heterocycles. The molecule has 2 heterocycles. The minimum atomic E-state index is -0.133. The van der Waals surface area contributed by atoms with Crippen molar-refractivity contribution in [1.82, 2.24) is 10.3 Å². The number of amides is 1. The Morgan fingerprint density at radius 3 is 2.68 bits per heavy atom. The number of nitrogens with one attached hydrogen (secondary N) is 1. The first-order valence-electron chi connectivity index (χ1n) is 9.40. The summed E-state index contributed by atoms with van der Waals surface area (Å²) in [6.45, 7) is 5.11. The van der Waals surface area contributed by atoms with Crippen LogP contribution >= 0.6 is 23.7 Å². The summed E-state index contributed by atoms with van der Waals surface area (Å²) in [4.78, 5) is 16.9. The van der Waals surface area contributed by atoms with Crippen LogP contribution in [0.3, 0.4) is 0 Å². The van der Waals surface area contributed by atoms with E-state index in [1.54, 1.807) is 5.38 Å². The smallest absolute Gasteiger partial charge is 0.270 e. The van der Waals surface area contributed by atoms with E-state index >= 15 is 0 Å². The van der Waals surface area contributed by atoms with Crippen LogP contribution in [-0.4, -0.2) is 43.8 Å². The van der Waals surface area contributed by atoms with Gasteiger partial charge in [0.2, 0.25) is 0 Å². The van der Waals surface area contributed by atoms with E-state index in [1.807, 2.05) is 19.1 Å². The molecule has 6 nitrogen and oxygen atoms in total. The summed E-state index contributed by atoms with van der Waals surface area (Å²) in [6.07, 6.45) is 2.44. The van der Waals surface area contributed by atoms with E-state index < -0.39 is 0 Å². The second-order valence-electron chi connectivity index (χ2n) is 6.70. The summed E-state index contributed by atoms with van der Waals surface area (Å²) < 4.78 is 11.1. The van der Waals surface area contributed by atoms with Gasteiger partial charge in [-0.1, -0.05) is 12.1 Å². The molecule has 1 amide bonds. The maximum atomic E-state index is 12.6.